The molecule has 0 atom stereocenters. The van der Waals surface area contributed by atoms with Crippen LogP contribution in [0.1, 0.15) is 36.2 Å². The van der Waals surface area contributed by atoms with Crippen molar-refractivity contribution in [3.63, 3.8) is 0 Å². The van der Waals surface area contributed by atoms with E-state index >= 15 is 0 Å². The smallest absolute Gasteiger partial charge is 0.176 e. The molecule has 1 aromatic carbocycles. The number of nitrogens with one attached hydrogen (secondary N) is 1. The van der Waals surface area contributed by atoms with Crippen LogP contribution in [0.5, 0.6) is 0 Å². The van der Waals surface area contributed by atoms with Gasteiger partial charge in [-0.2, -0.15) is 5.10 Å². The Kier molecular flexibility index (Phi) is 5.05. The van der Waals surface area contributed by atoms with E-state index in [0.29, 0.717) is 0 Å². The van der Waals surface area contributed by atoms with E-state index in [9.17, 15) is 0 Å². The molecule has 6 nitrogen and oxygen atoms in total. The first kappa shape index (κ1) is 17.5. The minimum absolute atomic E-state index is 0.736. The highest BCUT2D eigenvalue weighted by Gasteiger charge is 2.14. The molecule has 0 aliphatic carbocycles. The molecule has 1 fully saturated rings. The Morgan fingerprint density at radius 3 is 2.48 bits per heavy atom. The van der Waals surface area contributed by atoms with Gasteiger partial charge in [0.1, 0.15) is 5.82 Å². The maximum absolute atomic E-state index is 4.46. The van der Waals surface area contributed by atoms with Gasteiger partial charge in [0.25, 0.3) is 0 Å². The molecule has 0 unspecified atom stereocenters. The zero-order valence-electron chi connectivity index (χ0n) is 16.0. The van der Waals surface area contributed by atoms with Crippen LogP contribution in [-0.2, 0) is 6.54 Å². The monoisotopic (exact) mass is 362 g/mol. The van der Waals surface area contributed by atoms with Crippen LogP contribution >= 0.6 is 0 Å². The minimum Gasteiger partial charge on any atom is -0.371 e. The van der Waals surface area contributed by atoms with Gasteiger partial charge in [-0.15, -0.1) is 10.2 Å². The Balaban J connectivity index is 1.45. The fourth-order valence-corrected chi connectivity index (χ4v) is 3.68. The number of piperidine rings is 1. The first-order valence-corrected chi connectivity index (χ1v) is 9.65. The molecule has 0 amide bonds. The third kappa shape index (κ3) is 3.94. The second kappa shape index (κ2) is 7.78. The fraction of sp³-hybridized carbons (Fsp3) is 0.381. The predicted octanol–water partition coefficient (Wildman–Crippen LogP) is 3.88. The van der Waals surface area contributed by atoms with E-state index in [0.717, 1.165) is 42.7 Å². The molecule has 3 aromatic rings. The Labute approximate surface area is 160 Å². The molecule has 1 N–H and O–H groups in total. The van der Waals surface area contributed by atoms with Crippen molar-refractivity contribution in [1.29, 1.82) is 0 Å². The zero-order valence-corrected chi connectivity index (χ0v) is 16.0. The van der Waals surface area contributed by atoms with Gasteiger partial charge >= 0.3 is 0 Å². The summed E-state index contributed by atoms with van der Waals surface area (Å²) in [6.45, 7) is 7.03. The third-order valence-corrected chi connectivity index (χ3v) is 5.03. The quantitative estimate of drug-likeness (QED) is 0.746. The average molecular weight is 362 g/mol. The molecule has 0 radical (unpaired) electrons. The molecule has 27 heavy (non-hydrogen) atoms. The van der Waals surface area contributed by atoms with Crippen molar-refractivity contribution in [2.45, 2.75) is 39.7 Å². The number of benzene rings is 1. The van der Waals surface area contributed by atoms with Crippen molar-refractivity contribution >= 4 is 11.5 Å². The Bertz CT molecular complexity index is 893. The lowest BCUT2D eigenvalue weighted by Crippen LogP contribution is -2.30. The number of aromatic nitrogens is 4. The summed E-state index contributed by atoms with van der Waals surface area (Å²) in [5.41, 5.74) is 4.66. The van der Waals surface area contributed by atoms with Crippen molar-refractivity contribution in [1.82, 2.24) is 20.0 Å². The topological polar surface area (TPSA) is 58.9 Å². The van der Waals surface area contributed by atoms with Crippen LogP contribution in [0.15, 0.2) is 42.5 Å². The molecular weight excluding hydrogens is 336 g/mol. The number of hydrogen-bond donors (Lipinski definition) is 1. The van der Waals surface area contributed by atoms with E-state index in [-0.39, 0.29) is 0 Å². The van der Waals surface area contributed by atoms with Gasteiger partial charge in [-0.3, -0.25) is 0 Å². The summed E-state index contributed by atoms with van der Waals surface area (Å²) in [5.74, 6) is 1.51. The van der Waals surface area contributed by atoms with Gasteiger partial charge in [0.15, 0.2) is 5.82 Å². The summed E-state index contributed by atoms with van der Waals surface area (Å²) >= 11 is 0. The van der Waals surface area contributed by atoms with Crippen LogP contribution in [0.2, 0.25) is 0 Å². The van der Waals surface area contributed by atoms with Gasteiger partial charge < -0.3 is 10.2 Å². The number of nitrogens with zero attached hydrogens (tertiary/aromatic N) is 5. The molecule has 3 heterocycles. The number of aryl methyl sites for hydroxylation is 2. The zero-order chi connectivity index (χ0) is 18.6. The number of para-hydroxylation sites is 1. The van der Waals surface area contributed by atoms with Gasteiger partial charge in [-0.1, -0.05) is 18.2 Å². The maximum atomic E-state index is 4.46. The second-order valence-electron chi connectivity index (χ2n) is 7.15. The van der Waals surface area contributed by atoms with Gasteiger partial charge in [0, 0.05) is 31.0 Å². The first-order valence-electron chi connectivity index (χ1n) is 9.65. The molecule has 0 saturated carbocycles. The van der Waals surface area contributed by atoms with E-state index in [2.05, 4.69) is 49.8 Å². The molecule has 4 rings (SSSR count). The molecular formula is C21H26N6. The lowest BCUT2D eigenvalue weighted by Gasteiger charge is -2.30. The van der Waals surface area contributed by atoms with E-state index < -0.39 is 0 Å². The summed E-state index contributed by atoms with van der Waals surface area (Å²) in [7, 11) is 0. The van der Waals surface area contributed by atoms with Crippen molar-refractivity contribution in [2.75, 3.05) is 23.3 Å². The SMILES string of the molecule is Cc1cc(C)n(-c2ccc(NCc3ccccc3N3CCCCC3)nn2)n1. The van der Waals surface area contributed by atoms with Crippen molar-refractivity contribution in [2.24, 2.45) is 0 Å². The third-order valence-electron chi connectivity index (χ3n) is 5.03. The second-order valence-corrected chi connectivity index (χ2v) is 7.15. The molecule has 2 aromatic heterocycles. The summed E-state index contributed by atoms with van der Waals surface area (Å²) in [4.78, 5) is 2.50. The summed E-state index contributed by atoms with van der Waals surface area (Å²) in [6.07, 6.45) is 3.90. The largest absolute Gasteiger partial charge is 0.371 e. The highest BCUT2D eigenvalue weighted by molar-refractivity contribution is 5.55. The van der Waals surface area contributed by atoms with E-state index in [4.69, 9.17) is 0 Å². The predicted molar refractivity (Wildman–Crippen MR) is 108 cm³/mol. The average Bonchev–Trinajstić information content (AvgIpc) is 3.06. The highest BCUT2D eigenvalue weighted by atomic mass is 15.4. The number of rotatable bonds is 5. The van der Waals surface area contributed by atoms with E-state index in [1.165, 1.54) is 30.5 Å². The van der Waals surface area contributed by atoms with Gasteiger partial charge in [-0.25, -0.2) is 4.68 Å². The summed E-state index contributed by atoms with van der Waals surface area (Å²) in [6, 6.07) is 14.6. The molecule has 140 valence electrons. The van der Waals surface area contributed by atoms with Crippen molar-refractivity contribution in [3.8, 4) is 5.82 Å². The molecule has 6 heteroatoms. The van der Waals surface area contributed by atoms with Crippen LogP contribution in [0.3, 0.4) is 0 Å². The van der Waals surface area contributed by atoms with Crippen LogP contribution < -0.4 is 10.2 Å². The molecule has 1 saturated heterocycles. The summed E-state index contributed by atoms with van der Waals surface area (Å²) in [5, 5.41) is 16.5. The summed E-state index contributed by atoms with van der Waals surface area (Å²) < 4.78 is 1.82. The highest BCUT2D eigenvalue weighted by Crippen LogP contribution is 2.24. The van der Waals surface area contributed by atoms with E-state index in [1.54, 1.807) is 0 Å². The fourth-order valence-electron chi connectivity index (χ4n) is 3.68. The minimum atomic E-state index is 0.736. The number of anilines is 2. The van der Waals surface area contributed by atoms with Gasteiger partial charge in [0.2, 0.25) is 0 Å². The van der Waals surface area contributed by atoms with Gasteiger partial charge in [0.05, 0.1) is 5.69 Å². The normalized spacial score (nSPS) is 14.4. The van der Waals surface area contributed by atoms with Crippen LogP contribution in [0.25, 0.3) is 5.82 Å². The molecule has 0 bridgehead atoms. The standard InChI is InChI=1S/C21H26N6/c1-16-14-17(2)27(25-16)21-11-10-20(23-24-21)22-15-18-8-4-5-9-19(18)26-12-6-3-7-13-26/h4-5,8-11,14H,3,6-7,12-13,15H2,1-2H3,(H,22,23). The molecule has 1 aliphatic heterocycles. The maximum Gasteiger partial charge on any atom is 0.176 e. The van der Waals surface area contributed by atoms with E-state index in [1.807, 2.05) is 36.7 Å². The molecule has 1 aliphatic rings. The van der Waals surface area contributed by atoms with Crippen LogP contribution in [0.4, 0.5) is 11.5 Å². The lowest BCUT2D eigenvalue weighted by molar-refractivity contribution is 0.576. The Morgan fingerprint density at radius 2 is 1.78 bits per heavy atom. The van der Waals surface area contributed by atoms with Crippen molar-refractivity contribution in [3.05, 3.63) is 59.4 Å². The molecule has 0 spiro atoms. The number of hydrogen-bond acceptors (Lipinski definition) is 5. The Morgan fingerprint density at radius 1 is 0.963 bits per heavy atom. The van der Waals surface area contributed by atoms with Crippen LogP contribution in [-0.4, -0.2) is 33.1 Å². The lowest BCUT2D eigenvalue weighted by atomic mass is 10.1. The Hall–Kier alpha value is -2.89. The van der Waals surface area contributed by atoms with Crippen molar-refractivity contribution < 1.29 is 0 Å². The first-order chi connectivity index (χ1) is 13.2. The van der Waals surface area contributed by atoms with Gasteiger partial charge in [-0.05, 0) is 62.9 Å². The van der Waals surface area contributed by atoms with Crippen LogP contribution in [0, 0.1) is 13.8 Å².